The predicted octanol–water partition coefficient (Wildman–Crippen LogP) is 9.42. The number of rotatable bonds is 20. The number of aryl methyl sites for hydroxylation is 1. The Kier molecular flexibility index (Phi) is 16.0. The number of carbonyl (C=O) groups excluding carboxylic acids is 3. The Bertz CT molecular complexity index is 1410. The minimum Gasteiger partial charge on any atom is -0.496 e. The zero-order chi connectivity index (χ0) is 33.1. The Morgan fingerprint density at radius 2 is 1.30 bits per heavy atom. The van der Waals surface area contributed by atoms with Gasteiger partial charge in [-0.15, -0.1) is 11.8 Å². The largest absolute Gasteiger partial charge is 0.496 e. The van der Waals surface area contributed by atoms with E-state index in [-0.39, 0.29) is 5.97 Å². The average Bonchev–Trinajstić information content (AvgIpc) is 3.06. The van der Waals surface area contributed by atoms with Crippen molar-refractivity contribution in [2.24, 2.45) is 0 Å². The summed E-state index contributed by atoms with van der Waals surface area (Å²) in [4.78, 5) is 37.9. The van der Waals surface area contributed by atoms with E-state index in [0.29, 0.717) is 40.6 Å². The lowest BCUT2D eigenvalue weighted by atomic mass is 10.0. The molecule has 0 N–H and O–H groups in total. The van der Waals surface area contributed by atoms with Gasteiger partial charge in [0.15, 0.2) is 0 Å². The van der Waals surface area contributed by atoms with Gasteiger partial charge in [0.2, 0.25) is 0 Å². The van der Waals surface area contributed by atoms with Crippen LogP contribution < -0.4 is 14.2 Å². The number of methoxy groups -OCH3 is 1. The molecule has 8 heteroatoms. The van der Waals surface area contributed by atoms with E-state index >= 15 is 0 Å². The maximum atomic E-state index is 12.8. The highest BCUT2D eigenvalue weighted by Crippen LogP contribution is 2.31. The molecule has 0 fully saturated rings. The number of hydrogen-bond acceptors (Lipinski definition) is 8. The van der Waals surface area contributed by atoms with Crippen LogP contribution in [0.5, 0.6) is 17.2 Å². The van der Waals surface area contributed by atoms with E-state index in [1.54, 1.807) is 62.2 Å². The van der Waals surface area contributed by atoms with Crippen molar-refractivity contribution >= 4 is 29.7 Å². The van der Waals surface area contributed by atoms with E-state index in [4.69, 9.17) is 18.9 Å². The summed E-state index contributed by atoms with van der Waals surface area (Å²) in [5.74, 6) is 0.760. The first kappa shape index (κ1) is 36.4. The zero-order valence-corrected chi connectivity index (χ0v) is 28.1. The molecule has 0 unspecified atom stereocenters. The van der Waals surface area contributed by atoms with E-state index in [2.05, 4.69) is 13.5 Å². The van der Waals surface area contributed by atoms with E-state index in [9.17, 15) is 14.4 Å². The van der Waals surface area contributed by atoms with Crippen molar-refractivity contribution in [1.82, 2.24) is 0 Å². The molecule has 0 aromatic heterocycles. The van der Waals surface area contributed by atoms with Crippen molar-refractivity contribution in [2.75, 3.05) is 19.5 Å². The van der Waals surface area contributed by atoms with Crippen LogP contribution in [0.1, 0.15) is 97.9 Å². The van der Waals surface area contributed by atoms with Crippen LogP contribution in [0.25, 0.3) is 0 Å². The Labute approximate surface area is 277 Å². The molecule has 0 atom stereocenters. The lowest BCUT2D eigenvalue weighted by Gasteiger charge is -2.11. The van der Waals surface area contributed by atoms with Crippen LogP contribution in [0, 0.1) is 0 Å². The molecule has 3 aromatic rings. The summed E-state index contributed by atoms with van der Waals surface area (Å²) in [6, 6.07) is 19.1. The summed E-state index contributed by atoms with van der Waals surface area (Å²) in [6.45, 7) is 7.77. The number of unbranched alkanes of at least 4 members (excludes halogenated alkanes) is 7. The van der Waals surface area contributed by atoms with Gasteiger partial charge in [0.25, 0.3) is 0 Å². The topological polar surface area (TPSA) is 88.1 Å². The molecule has 3 rings (SSSR count). The van der Waals surface area contributed by atoms with Gasteiger partial charge in [0.1, 0.15) is 17.2 Å². The highest BCUT2D eigenvalue weighted by molar-refractivity contribution is 7.99. The molecular formula is C38H46O7S. The molecule has 0 bridgehead atoms. The van der Waals surface area contributed by atoms with Crippen LogP contribution in [0.4, 0.5) is 0 Å². The van der Waals surface area contributed by atoms with Gasteiger partial charge in [0, 0.05) is 10.5 Å². The molecule has 246 valence electrons. The van der Waals surface area contributed by atoms with E-state index < -0.39 is 11.9 Å². The quantitative estimate of drug-likeness (QED) is 0.0394. The normalized spacial score (nSPS) is 10.7. The van der Waals surface area contributed by atoms with Crippen LogP contribution in [0.3, 0.4) is 0 Å². The first-order valence-corrected chi connectivity index (χ1v) is 17.1. The van der Waals surface area contributed by atoms with Gasteiger partial charge in [0.05, 0.1) is 24.8 Å². The van der Waals surface area contributed by atoms with Crippen molar-refractivity contribution in [3.8, 4) is 17.2 Å². The van der Waals surface area contributed by atoms with Crippen molar-refractivity contribution in [3.05, 3.63) is 95.6 Å². The second-order valence-electron chi connectivity index (χ2n) is 11.2. The van der Waals surface area contributed by atoms with E-state index in [0.717, 1.165) is 29.9 Å². The van der Waals surface area contributed by atoms with Gasteiger partial charge in [-0.25, -0.2) is 14.4 Å². The van der Waals surface area contributed by atoms with E-state index in [1.165, 1.54) is 50.5 Å². The van der Waals surface area contributed by atoms with Crippen molar-refractivity contribution in [2.45, 2.75) is 83.0 Å². The monoisotopic (exact) mass is 646 g/mol. The number of thioether (sulfide) groups is 1. The predicted molar refractivity (Wildman–Crippen MR) is 183 cm³/mol. The molecule has 7 nitrogen and oxygen atoms in total. The summed E-state index contributed by atoms with van der Waals surface area (Å²) in [7, 11) is 1.55. The highest BCUT2D eigenvalue weighted by atomic mass is 32.2. The number of benzene rings is 3. The minimum absolute atomic E-state index is 0.307. The molecule has 0 saturated carbocycles. The third-order valence-corrected chi connectivity index (χ3v) is 8.42. The third-order valence-electron chi connectivity index (χ3n) is 7.28. The zero-order valence-electron chi connectivity index (χ0n) is 27.3. The molecule has 0 spiro atoms. The molecule has 0 heterocycles. The van der Waals surface area contributed by atoms with E-state index in [1.807, 2.05) is 30.3 Å². The fourth-order valence-corrected chi connectivity index (χ4v) is 5.61. The molecule has 0 aliphatic heterocycles. The molecule has 0 aliphatic rings. The summed E-state index contributed by atoms with van der Waals surface area (Å²) in [5, 5.41) is 0. The van der Waals surface area contributed by atoms with Gasteiger partial charge in [-0.3, -0.25) is 0 Å². The summed E-state index contributed by atoms with van der Waals surface area (Å²) >= 11 is 1.59. The molecule has 0 radical (unpaired) electrons. The summed E-state index contributed by atoms with van der Waals surface area (Å²) in [5.41, 5.74) is 2.32. The Morgan fingerprint density at radius 3 is 1.93 bits per heavy atom. The molecule has 3 aromatic carbocycles. The standard InChI is InChI=1S/C38H46O7S/c1-5-6-7-8-9-10-11-14-29-15-20-32(21-16-29)44-37(40)30-17-22-33(23-18-30)45-38(41)31-19-24-35(34(27-31)42-4)46-26-13-12-25-43-36(39)28(2)3/h15-24,27H,2,5-14,25-26H2,1,3-4H3. The van der Waals surface area contributed by atoms with Crippen molar-refractivity contribution < 1.29 is 33.3 Å². The summed E-state index contributed by atoms with van der Waals surface area (Å²) < 4.78 is 21.7. The highest BCUT2D eigenvalue weighted by Gasteiger charge is 2.15. The third kappa shape index (κ3) is 12.8. The van der Waals surface area contributed by atoms with Crippen LogP contribution in [0.2, 0.25) is 0 Å². The van der Waals surface area contributed by atoms with Gasteiger partial charge in [-0.1, -0.05) is 64.2 Å². The van der Waals surface area contributed by atoms with Crippen LogP contribution in [-0.2, 0) is 16.0 Å². The number of carbonyl (C=O) groups is 3. The lowest BCUT2D eigenvalue weighted by molar-refractivity contribution is -0.139. The second-order valence-corrected chi connectivity index (χ2v) is 12.3. The van der Waals surface area contributed by atoms with Gasteiger partial charge in [-0.05, 0) is 98.5 Å². The maximum Gasteiger partial charge on any atom is 0.343 e. The SMILES string of the molecule is C=C(C)C(=O)OCCCCSc1ccc(C(=O)Oc2ccc(C(=O)Oc3ccc(CCCCCCCCC)cc3)cc2)cc1OC. The summed E-state index contributed by atoms with van der Waals surface area (Å²) in [6.07, 6.45) is 11.5. The molecule has 46 heavy (non-hydrogen) atoms. The molecular weight excluding hydrogens is 600 g/mol. The van der Waals surface area contributed by atoms with Crippen LogP contribution in [0.15, 0.2) is 83.8 Å². The van der Waals surface area contributed by atoms with Gasteiger partial charge >= 0.3 is 17.9 Å². The average molecular weight is 647 g/mol. The smallest absolute Gasteiger partial charge is 0.343 e. The second kappa shape index (κ2) is 20.2. The lowest BCUT2D eigenvalue weighted by Crippen LogP contribution is -2.10. The molecule has 0 saturated heterocycles. The fourth-order valence-electron chi connectivity index (χ4n) is 4.59. The fraction of sp³-hybridized carbons (Fsp3) is 0.395. The van der Waals surface area contributed by atoms with Crippen LogP contribution >= 0.6 is 11.8 Å². The Hall–Kier alpha value is -4.04. The van der Waals surface area contributed by atoms with Crippen molar-refractivity contribution in [1.29, 1.82) is 0 Å². The molecule has 0 amide bonds. The number of ether oxygens (including phenoxy) is 4. The number of hydrogen-bond donors (Lipinski definition) is 0. The number of esters is 3. The van der Waals surface area contributed by atoms with Crippen LogP contribution in [-0.4, -0.2) is 37.4 Å². The van der Waals surface area contributed by atoms with Gasteiger partial charge in [-0.2, -0.15) is 0 Å². The minimum atomic E-state index is -0.541. The first-order valence-electron chi connectivity index (χ1n) is 16.1. The van der Waals surface area contributed by atoms with Gasteiger partial charge < -0.3 is 18.9 Å². The first-order chi connectivity index (χ1) is 22.3. The molecule has 0 aliphatic carbocycles. The maximum absolute atomic E-state index is 12.8. The Morgan fingerprint density at radius 1 is 0.717 bits per heavy atom. The Balaban J connectivity index is 1.43. The van der Waals surface area contributed by atoms with Crippen molar-refractivity contribution in [3.63, 3.8) is 0 Å².